The quantitative estimate of drug-likeness (QED) is 0.859. The van der Waals surface area contributed by atoms with Crippen molar-refractivity contribution in [2.45, 2.75) is 72.6 Å². The van der Waals surface area contributed by atoms with Gasteiger partial charge in [0.05, 0.1) is 12.2 Å². The monoisotopic (exact) mass is 288 g/mol. The van der Waals surface area contributed by atoms with Crippen molar-refractivity contribution in [2.24, 2.45) is 0 Å². The van der Waals surface area contributed by atoms with Gasteiger partial charge in [-0.25, -0.2) is 0 Å². The zero-order chi connectivity index (χ0) is 16.2. The Hall–Kier alpha value is -1.53. The molecule has 3 nitrogen and oxygen atoms in total. The first-order valence-electron chi connectivity index (χ1n) is 7.60. The number of benzene rings is 1. The molecule has 0 aliphatic rings. The van der Waals surface area contributed by atoms with Gasteiger partial charge in [0, 0.05) is 12.5 Å². The van der Waals surface area contributed by atoms with Crippen LogP contribution in [0.5, 0.6) is 5.75 Å². The van der Waals surface area contributed by atoms with Crippen LogP contribution in [0.2, 0.25) is 0 Å². The first-order chi connectivity index (χ1) is 9.66. The molecule has 1 N–H and O–H groups in total. The first-order valence-corrected chi connectivity index (χ1v) is 7.60. The van der Waals surface area contributed by atoms with Crippen molar-refractivity contribution in [3.63, 3.8) is 0 Å². The Balaban J connectivity index is 2.82. The van der Waals surface area contributed by atoms with Gasteiger partial charge in [-0.15, -0.1) is 0 Å². The van der Waals surface area contributed by atoms with Crippen LogP contribution in [0, 0.1) is 32.1 Å². The third kappa shape index (κ3) is 5.06. The second-order valence-corrected chi connectivity index (χ2v) is 6.58. The maximum Gasteiger partial charge on any atom is 0.123 e. The zero-order valence-electron chi connectivity index (χ0n) is 14.4. The smallest absolute Gasteiger partial charge is 0.123 e. The molecule has 0 bridgehead atoms. The average molecular weight is 288 g/mol. The predicted molar refractivity (Wildman–Crippen MR) is 87.6 cm³/mol. The molecule has 0 fully saturated rings. The van der Waals surface area contributed by atoms with E-state index in [0.717, 1.165) is 5.75 Å². The number of hydrogen-bond acceptors (Lipinski definition) is 3. The largest absolute Gasteiger partial charge is 0.490 e. The van der Waals surface area contributed by atoms with Gasteiger partial charge in [0.2, 0.25) is 0 Å². The number of nitriles is 1. The molecule has 21 heavy (non-hydrogen) atoms. The number of rotatable bonds is 6. The Morgan fingerprint density at radius 2 is 1.86 bits per heavy atom. The molecule has 0 saturated carbocycles. The topological polar surface area (TPSA) is 45.0 Å². The van der Waals surface area contributed by atoms with E-state index < -0.39 is 5.54 Å². The van der Waals surface area contributed by atoms with Crippen LogP contribution in [-0.2, 0) is 0 Å². The van der Waals surface area contributed by atoms with E-state index in [0.29, 0.717) is 6.42 Å². The van der Waals surface area contributed by atoms with Gasteiger partial charge >= 0.3 is 0 Å². The minimum atomic E-state index is -0.569. The van der Waals surface area contributed by atoms with Crippen molar-refractivity contribution >= 4 is 0 Å². The van der Waals surface area contributed by atoms with E-state index in [4.69, 9.17) is 4.74 Å². The summed E-state index contributed by atoms with van der Waals surface area (Å²) in [6.07, 6.45) is 0.620. The lowest BCUT2D eigenvalue weighted by atomic mass is 9.95. The summed E-state index contributed by atoms with van der Waals surface area (Å²) in [6, 6.07) is 6.87. The summed E-state index contributed by atoms with van der Waals surface area (Å²) in [6.45, 7) is 14.3. The second kappa shape index (κ2) is 6.95. The van der Waals surface area contributed by atoms with Crippen molar-refractivity contribution < 1.29 is 4.74 Å². The number of aryl methyl sites for hydroxylation is 2. The molecular formula is C18H28N2O. The van der Waals surface area contributed by atoms with E-state index in [1.54, 1.807) is 0 Å². The summed E-state index contributed by atoms with van der Waals surface area (Å²) in [5, 5.41) is 12.7. The molecule has 0 amide bonds. The van der Waals surface area contributed by atoms with Gasteiger partial charge in [0.1, 0.15) is 11.3 Å². The predicted octanol–water partition coefficient (Wildman–Crippen LogP) is 4.05. The maximum atomic E-state index is 9.42. The Morgan fingerprint density at radius 3 is 2.38 bits per heavy atom. The lowest BCUT2D eigenvalue weighted by molar-refractivity contribution is 0.175. The van der Waals surface area contributed by atoms with E-state index in [-0.39, 0.29) is 12.1 Å². The average Bonchev–Trinajstić information content (AvgIpc) is 2.34. The van der Waals surface area contributed by atoms with E-state index in [1.807, 2.05) is 13.8 Å². The maximum absolute atomic E-state index is 9.42. The summed E-state index contributed by atoms with van der Waals surface area (Å²) < 4.78 is 6.09. The number of nitrogens with one attached hydrogen (secondary N) is 1. The van der Waals surface area contributed by atoms with Crippen molar-refractivity contribution in [3.05, 3.63) is 28.8 Å². The Morgan fingerprint density at radius 1 is 1.24 bits per heavy atom. The highest BCUT2D eigenvalue weighted by Crippen LogP contribution is 2.26. The molecule has 0 aromatic heterocycles. The second-order valence-electron chi connectivity index (χ2n) is 6.58. The summed E-state index contributed by atoms with van der Waals surface area (Å²) in [5.41, 5.74) is 3.03. The lowest BCUT2D eigenvalue weighted by Crippen LogP contribution is -2.47. The molecular weight excluding hydrogens is 260 g/mol. The lowest BCUT2D eigenvalue weighted by Gasteiger charge is -2.29. The highest BCUT2D eigenvalue weighted by atomic mass is 16.5. The van der Waals surface area contributed by atoms with Gasteiger partial charge in [-0.2, -0.15) is 5.26 Å². The highest BCUT2D eigenvalue weighted by Gasteiger charge is 2.28. The fourth-order valence-corrected chi connectivity index (χ4v) is 2.73. The molecule has 1 aromatic carbocycles. The van der Waals surface area contributed by atoms with Gasteiger partial charge in [-0.1, -0.05) is 6.07 Å². The highest BCUT2D eigenvalue weighted by molar-refractivity contribution is 5.42. The van der Waals surface area contributed by atoms with E-state index in [9.17, 15) is 5.26 Å². The third-order valence-electron chi connectivity index (χ3n) is 3.64. The van der Waals surface area contributed by atoms with Crippen molar-refractivity contribution in [1.82, 2.24) is 5.32 Å². The molecule has 2 atom stereocenters. The summed E-state index contributed by atoms with van der Waals surface area (Å²) in [4.78, 5) is 0. The van der Waals surface area contributed by atoms with Crippen LogP contribution in [-0.4, -0.2) is 17.7 Å². The van der Waals surface area contributed by atoms with Crippen LogP contribution in [0.15, 0.2) is 12.1 Å². The SMILES string of the molecule is Cc1cc(C)c(C)c(OC(C)CC(C)(C#N)NC(C)C)c1. The molecule has 3 heteroatoms. The van der Waals surface area contributed by atoms with Crippen LogP contribution >= 0.6 is 0 Å². The van der Waals surface area contributed by atoms with E-state index in [1.165, 1.54) is 16.7 Å². The number of hydrogen-bond donors (Lipinski definition) is 1. The molecule has 0 saturated heterocycles. The van der Waals surface area contributed by atoms with Crippen LogP contribution in [0.3, 0.4) is 0 Å². The minimum absolute atomic E-state index is 0.0270. The Bertz CT molecular complexity index is 531. The van der Waals surface area contributed by atoms with Crippen LogP contribution in [0.1, 0.15) is 50.8 Å². The molecule has 116 valence electrons. The van der Waals surface area contributed by atoms with Gasteiger partial charge in [-0.05, 0) is 71.2 Å². The van der Waals surface area contributed by atoms with Crippen LogP contribution in [0.4, 0.5) is 0 Å². The fourth-order valence-electron chi connectivity index (χ4n) is 2.73. The summed E-state index contributed by atoms with van der Waals surface area (Å²) in [7, 11) is 0. The molecule has 0 heterocycles. The standard InChI is InChI=1S/C18H28N2O/c1-12(2)20-18(7,11-19)10-15(5)21-17-9-13(3)8-14(4)16(17)6/h8-9,12,15,20H,10H2,1-7H3. The first kappa shape index (κ1) is 17.5. The van der Waals surface area contributed by atoms with Crippen LogP contribution < -0.4 is 10.1 Å². The molecule has 2 unspecified atom stereocenters. The third-order valence-corrected chi connectivity index (χ3v) is 3.64. The zero-order valence-corrected chi connectivity index (χ0v) is 14.4. The van der Waals surface area contributed by atoms with Gasteiger partial charge in [-0.3, -0.25) is 5.32 Å². The Kier molecular flexibility index (Phi) is 5.80. The van der Waals surface area contributed by atoms with Gasteiger partial charge < -0.3 is 4.74 Å². The van der Waals surface area contributed by atoms with Crippen molar-refractivity contribution in [1.29, 1.82) is 5.26 Å². The molecule has 0 spiro atoms. The number of ether oxygens (including phenoxy) is 1. The summed E-state index contributed by atoms with van der Waals surface area (Å²) in [5.74, 6) is 0.921. The fraction of sp³-hybridized carbons (Fsp3) is 0.611. The van der Waals surface area contributed by atoms with Gasteiger partial charge in [0.15, 0.2) is 0 Å². The van der Waals surface area contributed by atoms with E-state index >= 15 is 0 Å². The molecule has 0 aliphatic heterocycles. The minimum Gasteiger partial charge on any atom is -0.490 e. The number of nitrogens with zero attached hydrogens (tertiary/aromatic N) is 1. The molecule has 1 rings (SSSR count). The van der Waals surface area contributed by atoms with Crippen molar-refractivity contribution in [2.75, 3.05) is 0 Å². The van der Waals surface area contributed by atoms with Crippen molar-refractivity contribution in [3.8, 4) is 11.8 Å². The summed E-state index contributed by atoms with van der Waals surface area (Å²) >= 11 is 0. The van der Waals surface area contributed by atoms with E-state index in [2.05, 4.69) is 58.1 Å². The molecule has 0 aliphatic carbocycles. The normalized spacial score (nSPS) is 15.4. The van der Waals surface area contributed by atoms with Gasteiger partial charge in [0.25, 0.3) is 0 Å². The molecule has 1 aromatic rings. The Labute approximate surface area is 129 Å². The molecule has 0 radical (unpaired) electrons. The van der Waals surface area contributed by atoms with Crippen LogP contribution in [0.25, 0.3) is 0 Å².